The van der Waals surface area contributed by atoms with Crippen LogP contribution in [0, 0.1) is 18.3 Å². The number of rotatable bonds is 3. The van der Waals surface area contributed by atoms with Crippen molar-refractivity contribution in [2.24, 2.45) is 0 Å². The van der Waals surface area contributed by atoms with E-state index in [0.29, 0.717) is 11.4 Å². The molecule has 28 heavy (non-hydrogen) atoms. The number of carbonyl (C=O) groups excluding carboxylic acids is 1. The highest BCUT2D eigenvalue weighted by Crippen LogP contribution is 2.36. The minimum absolute atomic E-state index is 0.370. The molecule has 6 heteroatoms. The molecule has 0 spiro atoms. The summed E-state index contributed by atoms with van der Waals surface area (Å²) in [6.07, 6.45) is -0.579. The van der Waals surface area contributed by atoms with Crippen LogP contribution in [-0.2, 0) is 4.74 Å². The average molecular weight is 374 g/mol. The predicted octanol–water partition coefficient (Wildman–Crippen LogP) is 5.27. The van der Waals surface area contributed by atoms with Crippen molar-refractivity contribution in [1.29, 1.82) is 5.26 Å². The van der Waals surface area contributed by atoms with E-state index in [9.17, 15) is 4.79 Å². The summed E-state index contributed by atoms with van der Waals surface area (Å²) in [5.41, 5.74) is 4.37. The Bertz CT molecular complexity index is 1020. The first-order chi connectivity index (χ1) is 13.3. The Morgan fingerprint density at radius 2 is 1.68 bits per heavy atom. The Morgan fingerprint density at radius 1 is 1.07 bits per heavy atom. The van der Waals surface area contributed by atoms with Crippen LogP contribution in [0.1, 0.15) is 31.9 Å². The fourth-order valence-electron chi connectivity index (χ4n) is 2.75. The van der Waals surface area contributed by atoms with Crippen LogP contribution in [0.5, 0.6) is 0 Å². The number of carbonyl (C=O) groups is 1. The molecule has 3 rings (SSSR count). The molecule has 6 nitrogen and oxygen atoms in total. The Balaban J connectivity index is 2.05. The largest absolute Gasteiger partial charge is 0.444 e. The Morgan fingerprint density at radius 3 is 2.25 bits per heavy atom. The summed E-state index contributed by atoms with van der Waals surface area (Å²) in [4.78, 5) is 12.3. The second-order valence-electron chi connectivity index (χ2n) is 7.50. The third-order valence-corrected chi connectivity index (χ3v) is 4.03. The number of benzene rings is 2. The van der Waals surface area contributed by atoms with Crippen molar-refractivity contribution in [2.75, 3.05) is 5.32 Å². The number of amides is 1. The van der Waals surface area contributed by atoms with Crippen molar-refractivity contribution in [3.63, 3.8) is 0 Å². The zero-order valence-electron chi connectivity index (χ0n) is 16.3. The lowest BCUT2D eigenvalue weighted by Gasteiger charge is -2.19. The minimum atomic E-state index is -0.616. The first kappa shape index (κ1) is 19.2. The summed E-state index contributed by atoms with van der Waals surface area (Å²) < 4.78 is 5.35. The first-order valence-corrected chi connectivity index (χ1v) is 8.93. The van der Waals surface area contributed by atoms with E-state index in [0.717, 1.165) is 27.9 Å². The lowest BCUT2D eigenvalue weighted by molar-refractivity contribution is 0.0635. The average Bonchev–Trinajstić information content (AvgIpc) is 3.04. The minimum Gasteiger partial charge on any atom is -0.444 e. The number of aromatic amines is 1. The topological polar surface area (TPSA) is 90.8 Å². The molecule has 0 bridgehead atoms. The number of aryl methyl sites for hydroxylation is 1. The van der Waals surface area contributed by atoms with Gasteiger partial charge in [-0.1, -0.05) is 42.0 Å². The van der Waals surface area contributed by atoms with Gasteiger partial charge >= 0.3 is 6.09 Å². The molecule has 0 aliphatic heterocycles. The van der Waals surface area contributed by atoms with Crippen molar-refractivity contribution < 1.29 is 9.53 Å². The number of hydrogen-bond acceptors (Lipinski definition) is 4. The maximum Gasteiger partial charge on any atom is 0.413 e. The number of nitrogens with one attached hydrogen (secondary N) is 2. The number of hydrogen-bond donors (Lipinski definition) is 2. The van der Waals surface area contributed by atoms with Gasteiger partial charge in [-0.15, -0.1) is 0 Å². The van der Waals surface area contributed by atoms with Gasteiger partial charge in [-0.05, 0) is 45.4 Å². The van der Waals surface area contributed by atoms with E-state index in [4.69, 9.17) is 10.00 Å². The summed E-state index contributed by atoms with van der Waals surface area (Å²) in [5, 5.41) is 19.1. The molecular weight excluding hydrogens is 352 g/mol. The van der Waals surface area contributed by atoms with Crippen LogP contribution in [0.3, 0.4) is 0 Å². The van der Waals surface area contributed by atoms with Gasteiger partial charge in [0.05, 0.1) is 22.9 Å². The molecule has 1 aromatic heterocycles. The Kier molecular flexibility index (Phi) is 5.18. The number of H-pyrrole nitrogens is 1. The molecule has 1 amide bonds. The van der Waals surface area contributed by atoms with Gasteiger partial charge in [0, 0.05) is 5.56 Å². The third-order valence-electron chi connectivity index (χ3n) is 4.03. The highest BCUT2D eigenvalue weighted by molar-refractivity contribution is 5.95. The number of aromatic nitrogens is 2. The molecule has 0 aliphatic rings. The van der Waals surface area contributed by atoms with E-state index in [1.165, 1.54) is 0 Å². The maximum atomic E-state index is 12.3. The zero-order valence-corrected chi connectivity index (χ0v) is 16.3. The summed E-state index contributed by atoms with van der Waals surface area (Å²) in [6, 6.07) is 17.3. The smallest absolute Gasteiger partial charge is 0.413 e. The van der Waals surface area contributed by atoms with Gasteiger partial charge in [0.25, 0.3) is 0 Å². The second kappa shape index (κ2) is 7.57. The SMILES string of the molecule is Cc1ccc(-c2[nH]nc(NC(=O)OC(C)(C)C)c2-c2ccc(C#N)cc2)cc1. The summed E-state index contributed by atoms with van der Waals surface area (Å²) in [7, 11) is 0. The van der Waals surface area contributed by atoms with Crippen LogP contribution in [0.25, 0.3) is 22.4 Å². The molecule has 142 valence electrons. The van der Waals surface area contributed by atoms with E-state index < -0.39 is 11.7 Å². The molecule has 2 aromatic carbocycles. The molecule has 0 unspecified atom stereocenters. The van der Waals surface area contributed by atoms with Gasteiger partial charge in [0.2, 0.25) is 0 Å². The lowest BCUT2D eigenvalue weighted by atomic mass is 9.99. The summed E-state index contributed by atoms with van der Waals surface area (Å²) >= 11 is 0. The van der Waals surface area contributed by atoms with Gasteiger partial charge < -0.3 is 4.74 Å². The Labute approximate surface area is 164 Å². The van der Waals surface area contributed by atoms with Crippen LogP contribution in [0.2, 0.25) is 0 Å². The van der Waals surface area contributed by atoms with Crippen LogP contribution in [0.15, 0.2) is 48.5 Å². The number of anilines is 1. The number of nitrogens with zero attached hydrogens (tertiary/aromatic N) is 2. The molecule has 0 atom stereocenters. The van der Waals surface area contributed by atoms with Crippen molar-refractivity contribution in [3.8, 4) is 28.5 Å². The molecular formula is C22H22N4O2. The number of nitriles is 1. The van der Waals surface area contributed by atoms with Gasteiger partial charge in [-0.2, -0.15) is 10.4 Å². The first-order valence-electron chi connectivity index (χ1n) is 8.93. The van der Waals surface area contributed by atoms with E-state index in [1.807, 2.05) is 43.3 Å². The second-order valence-corrected chi connectivity index (χ2v) is 7.50. The molecule has 0 saturated carbocycles. The van der Waals surface area contributed by atoms with Crippen molar-refractivity contribution in [3.05, 3.63) is 59.7 Å². The monoisotopic (exact) mass is 374 g/mol. The fourth-order valence-corrected chi connectivity index (χ4v) is 2.75. The predicted molar refractivity (Wildman–Crippen MR) is 109 cm³/mol. The van der Waals surface area contributed by atoms with Crippen molar-refractivity contribution in [1.82, 2.24) is 10.2 Å². The maximum absolute atomic E-state index is 12.3. The van der Waals surface area contributed by atoms with E-state index in [2.05, 4.69) is 21.6 Å². The van der Waals surface area contributed by atoms with Gasteiger partial charge in [0.15, 0.2) is 5.82 Å². The van der Waals surface area contributed by atoms with Gasteiger partial charge in [-0.3, -0.25) is 10.4 Å². The standard InChI is InChI=1S/C22H22N4O2/c1-14-5-9-17(10-6-14)19-18(16-11-7-15(13-23)8-12-16)20(26-25-19)24-21(27)28-22(2,3)4/h5-12H,1-4H3,(H2,24,25,26,27). The highest BCUT2D eigenvalue weighted by Gasteiger charge is 2.22. The zero-order chi connectivity index (χ0) is 20.3. The molecule has 2 N–H and O–H groups in total. The van der Waals surface area contributed by atoms with E-state index in [-0.39, 0.29) is 0 Å². The van der Waals surface area contributed by atoms with E-state index in [1.54, 1.807) is 32.9 Å². The molecule has 0 saturated heterocycles. The quantitative estimate of drug-likeness (QED) is 0.653. The molecule has 0 aliphatic carbocycles. The van der Waals surface area contributed by atoms with Crippen molar-refractivity contribution >= 4 is 11.9 Å². The van der Waals surface area contributed by atoms with E-state index >= 15 is 0 Å². The molecule has 1 heterocycles. The third kappa shape index (κ3) is 4.38. The fraction of sp³-hybridized carbons (Fsp3) is 0.227. The molecule has 0 radical (unpaired) electrons. The lowest BCUT2D eigenvalue weighted by Crippen LogP contribution is -2.27. The van der Waals surface area contributed by atoms with Crippen LogP contribution < -0.4 is 5.32 Å². The van der Waals surface area contributed by atoms with Crippen LogP contribution in [0.4, 0.5) is 10.6 Å². The molecule has 3 aromatic rings. The summed E-state index contributed by atoms with van der Waals surface area (Å²) in [5.74, 6) is 0.370. The molecule has 0 fully saturated rings. The van der Waals surface area contributed by atoms with Crippen molar-refractivity contribution in [2.45, 2.75) is 33.3 Å². The highest BCUT2D eigenvalue weighted by atomic mass is 16.6. The number of ether oxygens (including phenoxy) is 1. The van der Waals surface area contributed by atoms with Crippen LogP contribution >= 0.6 is 0 Å². The summed E-state index contributed by atoms with van der Waals surface area (Å²) in [6.45, 7) is 7.43. The van der Waals surface area contributed by atoms with Gasteiger partial charge in [-0.25, -0.2) is 4.79 Å². The Hall–Kier alpha value is -3.59. The normalized spacial score (nSPS) is 11.0. The van der Waals surface area contributed by atoms with Crippen LogP contribution in [-0.4, -0.2) is 21.9 Å². The van der Waals surface area contributed by atoms with Gasteiger partial charge in [0.1, 0.15) is 5.60 Å².